The van der Waals surface area contributed by atoms with Crippen molar-refractivity contribution in [2.75, 3.05) is 7.11 Å². The van der Waals surface area contributed by atoms with Gasteiger partial charge in [-0.2, -0.15) is 0 Å². The Bertz CT molecular complexity index is 311. The van der Waals surface area contributed by atoms with Crippen LogP contribution in [0.4, 0.5) is 0 Å². The maximum Gasteiger partial charge on any atom is 0.0623 e. The van der Waals surface area contributed by atoms with Crippen molar-refractivity contribution < 1.29 is 9.84 Å². The Morgan fingerprint density at radius 1 is 1.41 bits per heavy atom. The SMILES string of the molecule is COC(C)(C)CCC(O)CCc1cccnc1. The molecule has 1 N–H and O–H groups in total. The van der Waals surface area contributed by atoms with E-state index >= 15 is 0 Å². The Balaban J connectivity index is 2.24. The summed E-state index contributed by atoms with van der Waals surface area (Å²) in [4.78, 5) is 4.06. The number of aromatic nitrogens is 1. The van der Waals surface area contributed by atoms with Gasteiger partial charge in [0.15, 0.2) is 0 Å². The van der Waals surface area contributed by atoms with Gasteiger partial charge in [-0.15, -0.1) is 0 Å². The minimum absolute atomic E-state index is 0.144. The fourth-order valence-electron chi connectivity index (χ4n) is 1.64. The first kappa shape index (κ1) is 14.1. The lowest BCUT2D eigenvalue weighted by atomic mass is 9.97. The molecule has 0 aliphatic carbocycles. The minimum Gasteiger partial charge on any atom is -0.393 e. The van der Waals surface area contributed by atoms with Gasteiger partial charge in [0.05, 0.1) is 11.7 Å². The molecule has 1 aromatic heterocycles. The molecule has 1 heterocycles. The van der Waals surface area contributed by atoms with Crippen LogP contribution in [0.1, 0.15) is 38.7 Å². The van der Waals surface area contributed by atoms with Crippen molar-refractivity contribution in [3.63, 3.8) is 0 Å². The van der Waals surface area contributed by atoms with Gasteiger partial charge in [-0.3, -0.25) is 4.98 Å². The normalized spacial score (nSPS) is 13.6. The van der Waals surface area contributed by atoms with Crippen LogP contribution >= 0.6 is 0 Å². The largest absolute Gasteiger partial charge is 0.393 e. The molecule has 0 saturated carbocycles. The third kappa shape index (κ3) is 5.80. The third-order valence-electron chi connectivity index (χ3n) is 3.12. The molecular formula is C14H23NO2. The molecule has 0 spiro atoms. The average Bonchev–Trinajstić information content (AvgIpc) is 2.35. The molecule has 0 aromatic carbocycles. The number of aliphatic hydroxyl groups excluding tert-OH is 1. The lowest BCUT2D eigenvalue weighted by molar-refractivity contribution is 0.00231. The molecule has 1 rings (SSSR count). The molecular weight excluding hydrogens is 214 g/mol. The van der Waals surface area contributed by atoms with Crippen LogP contribution in [0.3, 0.4) is 0 Å². The fourth-order valence-corrected chi connectivity index (χ4v) is 1.64. The van der Waals surface area contributed by atoms with Crippen LogP contribution in [0.15, 0.2) is 24.5 Å². The highest BCUT2D eigenvalue weighted by atomic mass is 16.5. The second-order valence-corrected chi connectivity index (χ2v) is 5.06. The van der Waals surface area contributed by atoms with Crippen molar-refractivity contribution in [1.82, 2.24) is 4.98 Å². The smallest absolute Gasteiger partial charge is 0.0623 e. The van der Waals surface area contributed by atoms with Gasteiger partial charge < -0.3 is 9.84 Å². The Morgan fingerprint density at radius 2 is 2.18 bits per heavy atom. The van der Waals surface area contributed by atoms with Gasteiger partial charge in [0.1, 0.15) is 0 Å². The van der Waals surface area contributed by atoms with Crippen LogP contribution in [0.25, 0.3) is 0 Å². The highest BCUT2D eigenvalue weighted by molar-refractivity contribution is 5.08. The van der Waals surface area contributed by atoms with Crippen LogP contribution in [0.2, 0.25) is 0 Å². The van der Waals surface area contributed by atoms with E-state index in [4.69, 9.17) is 4.74 Å². The van der Waals surface area contributed by atoms with Crippen molar-refractivity contribution in [2.24, 2.45) is 0 Å². The van der Waals surface area contributed by atoms with Crippen LogP contribution in [-0.2, 0) is 11.2 Å². The van der Waals surface area contributed by atoms with E-state index in [9.17, 15) is 5.11 Å². The maximum atomic E-state index is 9.89. The topological polar surface area (TPSA) is 42.4 Å². The van der Waals surface area contributed by atoms with Crippen molar-refractivity contribution >= 4 is 0 Å². The van der Waals surface area contributed by atoms with Gasteiger partial charge in [0.2, 0.25) is 0 Å². The van der Waals surface area contributed by atoms with Gasteiger partial charge >= 0.3 is 0 Å². The number of hydrogen-bond donors (Lipinski definition) is 1. The van der Waals surface area contributed by atoms with Crippen LogP contribution < -0.4 is 0 Å². The van der Waals surface area contributed by atoms with Crippen LogP contribution in [0.5, 0.6) is 0 Å². The van der Waals surface area contributed by atoms with Crippen molar-refractivity contribution in [3.05, 3.63) is 30.1 Å². The second kappa shape index (κ2) is 6.72. The lowest BCUT2D eigenvalue weighted by Crippen LogP contribution is -2.24. The number of pyridine rings is 1. The summed E-state index contributed by atoms with van der Waals surface area (Å²) < 4.78 is 5.33. The number of hydrogen-bond acceptors (Lipinski definition) is 3. The Hall–Kier alpha value is -0.930. The summed E-state index contributed by atoms with van der Waals surface area (Å²) >= 11 is 0. The van der Waals surface area contributed by atoms with Crippen molar-refractivity contribution in [3.8, 4) is 0 Å². The molecule has 17 heavy (non-hydrogen) atoms. The van der Waals surface area contributed by atoms with E-state index in [1.807, 2.05) is 32.2 Å². The summed E-state index contributed by atoms with van der Waals surface area (Å²) in [6.07, 6.45) is 6.67. The number of aliphatic hydroxyl groups is 1. The Kier molecular flexibility index (Phi) is 5.59. The predicted molar refractivity (Wildman–Crippen MR) is 68.9 cm³/mol. The Labute approximate surface area is 104 Å². The monoisotopic (exact) mass is 237 g/mol. The van der Waals surface area contributed by atoms with Gasteiger partial charge in [0, 0.05) is 19.5 Å². The predicted octanol–water partition coefficient (Wildman–Crippen LogP) is 2.58. The number of aryl methyl sites for hydroxylation is 1. The molecule has 0 amide bonds. The third-order valence-corrected chi connectivity index (χ3v) is 3.12. The van der Waals surface area contributed by atoms with Gasteiger partial charge in [-0.25, -0.2) is 0 Å². The second-order valence-electron chi connectivity index (χ2n) is 5.06. The molecule has 1 aromatic rings. The van der Waals surface area contributed by atoms with Gasteiger partial charge in [0.25, 0.3) is 0 Å². The molecule has 0 radical (unpaired) electrons. The van der Waals surface area contributed by atoms with E-state index in [2.05, 4.69) is 4.98 Å². The number of methoxy groups -OCH3 is 1. The van der Waals surface area contributed by atoms with E-state index in [0.717, 1.165) is 25.7 Å². The zero-order chi connectivity index (χ0) is 12.7. The van der Waals surface area contributed by atoms with Crippen molar-refractivity contribution in [1.29, 1.82) is 0 Å². The van der Waals surface area contributed by atoms with E-state index in [0.29, 0.717) is 0 Å². The zero-order valence-corrected chi connectivity index (χ0v) is 11.0. The van der Waals surface area contributed by atoms with E-state index in [-0.39, 0.29) is 11.7 Å². The minimum atomic E-state index is -0.260. The molecule has 0 aliphatic heterocycles. The number of rotatable bonds is 7. The van der Waals surface area contributed by atoms with E-state index in [1.165, 1.54) is 5.56 Å². The molecule has 96 valence electrons. The van der Waals surface area contributed by atoms with E-state index < -0.39 is 0 Å². The standard InChI is InChI=1S/C14H23NO2/c1-14(2,17-3)9-8-13(16)7-6-12-5-4-10-15-11-12/h4-5,10-11,13,16H,6-9H2,1-3H3. The Morgan fingerprint density at radius 3 is 2.76 bits per heavy atom. The molecule has 0 aliphatic rings. The summed E-state index contributed by atoms with van der Waals surface area (Å²) in [5.41, 5.74) is 1.03. The summed E-state index contributed by atoms with van der Waals surface area (Å²) in [6, 6.07) is 3.97. The van der Waals surface area contributed by atoms with Crippen LogP contribution in [0, 0.1) is 0 Å². The highest BCUT2D eigenvalue weighted by Gasteiger charge is 2.18. The quantitative estimate of drug-likeness (QED) is 0.792. The average molecular weight is 237 g/mol. The van der Waals surface area contributed by atoms with Gasteiger partial charge in [-0.1, -0.05) is 6.07 Å². The molecule has 1 unspecified atom stereocenters. The molecule has 0 fully saturated rings. The molecule has 0 bridgehead atoms. The summed E-state index contributed by atoms with van der Waals surface area (Å²) in [5.74, 6) is 0. The summed E-state index contributed by atoms with van der Waals surface area (Å²) in [6.45, 7) is 4.08. The van der Waals surface area contributed by atoms with Crippen LogP contribution in [-0.4, -0.2) is 28.9 Å². The highest BCUT2D eigenvalue weighted by Crippen LogP contribution is 2.18. The van der Waals surface area contributed by atoms with Gasteiger partial charge in [-0.05, 0) is 51.2 Å². The first-order valence-electron chi connectivity index (χ1n) is 6.15. The maximum absolute atomic E-state index is 9.89. The fraction of sp³-hybridized carbons (Fsp3) is 0.643. The molecule has 0 saturated heterocycles. The molecule has 1 atom stereocenters. The number of nitrogens with zero attached hydrogens (tertiary/aromatic N) is 1. The first-order valence-corrected chi connectivity index (χ1v) is 6.15. The first-order chi connectivity index (χ1) is 8.03. The summed E-state index contributed by atoms with van der Waals surface area (Å²) in [7, 11) is 1.71. The summed E-state index contributed by atoms with van der Waals surface area (Å²) in [5, 5.41) is 9.89. The van der Waals surface area contributed by atoms with E-state index in [1.54, 1.807) is 13.3 Å². The zero-order valence-electron chi connectivity index (χ0n) is 11.0. The van der Waals surface area contributed by atoms with Crippen molar-refractivity contribution in [2.45, 2.75) is 51.2 Å². The molecule has 3 heteroatoms. The number of ether oxygens (including phenoxy) is 1. The molecule has 3 nitrogen and oxygen atoms in total. The lowest BCUT2D eigenvalue weighted by Gasteiger charge is -2.24.